The van der Waals surface area contributed by atoms with Crippen molar-refractivity contribution in [2.24, 2.45) is 5.73 Å². The number of amides is 1. The third-order valence-electron chi connectivity index (χ3n) is 3.28. The molecule has 8 heteroatoms. The summed E-state index contributed by atoms with van der Waals surface area (Å²) in [6, 6.07) is 5.34. The standard InChI is InChI=1S/C15H20N4O4/c1-21-11-5-4-10(14(22-2)15(11)23-3)9-19-12(6-7-17-19)18-13(20)8-16/h4-7H,8-9,16H2,1-3H3,(H,18,20). The molecule has 0 atom stereocenters. The van der Waals surface area contributed by atoms with Crippen molar-refractivity contribution in [3.63, 3.8) is 0 Å². The summed E-state index contributed by atoms with van der Waals surface area (Å²) in [6.07, 6.45) is 1.60. The van der Waals surface area contributed by atoms with Crippen LogP contribution < -0.4 is 25.3 Å². The van der Waals surface area contributed by atoms with Crippen molar-refractivity contribution in [3.8, 4) is 17.2 Å². The van der Waals surface area contributed by atoms with Gasteiger partial charge in [-0.1, -0.05) is 0 Å². The molecule has 0 unspecified atom stereocenters. The molecule has 0 saturated carbocycles. The van der Waals surface area contributed by atoms with Crippen molar-refractivity contribution in [2.75, 3.05) is 33.2 Å². The number of aromatic nitrogens is 2. The van der Waals surface area contributed by atoms with Crippen LogP contribution in [0.4, 0.5) is 5.82 Å². The Morgan fingerprint density at radius 2 is 1.91 bits per heavy atom. The molecule has 0 aliphatic rings. The van der Waals surface area contributed by atoms with Crippen LogP contribution in [0.5, 0.6) is 17.2 Å². The van der Waals surface area contributed by atoms with Crippen LogP contribution in [0.2, 0.25) is 0 Å². The number of anilines is 1. The average Bonchev–Trinajstić information content (AvgIpc) is 3.00. The van der Waals surface area contributed by atoms with E-state index in [1.54, 1.807) is 44.3 Å². The summed E-state index contributed by atoms with van der Waals surface area (Å²) >= 11 is 0. The van der Waals surface area contributed by atoms with Gasteiger partial charge in [-0.15, -0.1) is 0 Å². The lowest BCUT2D eigenvalue weighted by Crippen LogP contribution is -2.23. The Hall–Kier alpha value is -2.74. The Morgan fingerprint density at radius 1 is 1.17 bits per heavy atom. The maximum Gasteiger partial charge on any atom is 0.239 e. The van der Waals surface area contributed by atoms with E-state index >= 15 is 0 Å². The summed E-state index contributed by atoms with van der Waals surface area (Å²) in [4.78, 5) is 11.5. The highest BCUT2D eigenvalue weighted by atomic mass is 16.5. The minimum absolute atomic E-state index is 0.0924. The first-order valence-electron chi connectivity index (χ1n) is 6.94. The molecule has 0 bridgehead atoms. The van der Waals surface area contributed by atoms with Crippen LogP contribution in [0.3, 0.4) is 0 Å². The maximum atomic E-state index is 11.5. The first-order chi connectivity index (χ1) is 11.1. The smallest absolute Gasteiger partial charge is 0.239 e. The number of rotatable bonds is 7. The van der Waals surface area contributed by atoms with Gasteiger partial charge >= 0.3 is 0 Å². The van der Waals surface area contributed by atoms with Crippen LogP contribution in [-0.4, -0.2) is 43.6 Å². The molecule has 124 valence electrons. The monoisotopic (exact) mass is 320 g/mol. The van der Waals surface area contributed by atoms with Gasteiger partial charge in [0, 0.05) is 11.6 Å². The molecule has 23 heavy (non-hydrogen) atoms. The molecule has 1 aromatic heterocycles. The molecule has 1 aromatic carbocycles. The number of nitrogens with zero attached hydrogens (tertiary/aromatic N) is 2. The van der Waals surface area contributed by atoms with Gasteiger partial charge in [0.15, 0.2) is 11.5 Å². The molecular weight excluding hydrogens is 300 g/mol. The number of hydrogen-bond acceptors (Lipinski definition) is 6. The van der Waals surface area contributed by atoms with Gasteiger partial charge in [0.25, 0.3) is 0 Å². The predicted molar refractivity (Wildman–Crippen MR) is 85.1 cm³/mol. The number of benzene rings is 1. The summed E-state index contributed by atoms with van der Waals surface area (Å²) in [7, 11) is 4.66. The highest BCUT2D eigenvalue weighted by Crippen LogP contribution is 2.40. The van der Waals surface area contributed by atoms with E-state index in [1.165, 1.54) is 0 Å². The summed E-state index contributed by atoms with van der Waals surface area (Å²) < 4.78 is 17.7. The Morgan fingerprint density at radius 3 is 2.52 bits per heavy atom. The van der Waals surface area contributed by atoms with Crippen LogP contribution in [0.1, 0.15) is 5.56 Å². The first-order valence-corrected chi connectivity index (χ1v) is 6.94. The third kappa shape index (κ3) is 3.54. The van der Waals surface area contributed by atoms with Gasteiger partial charge in [-0.3, -0.25) is 4.79 Å². The highest BCUT2D eigenvalue weighted by Gasteiger charge is 2.17. The Balaban J connectivity index is 2.34. The average molecular weight is 320 g/mol. The molecule has 0 radical (unpaired) electrons. The van der Waals surface area contributed by atoms with E-state index in [0.29, 0.717) is 29.6 Å². The topological polar surface area (TPSA) is 101 Å². The molecule has 0 spiro atoms. The molecule has 0 aliphatic heterocycles. The zero-order valence-electron chi connectivity index (χ0n) is 13.3. The van der Waals surface area contributed by atoms with Gasteiger partial charge in [-0.25, -0.2) is 4.68 Å². The molecule has 0 fully saturated rings. The molecule has 2 rings (SSSR count). The number of nitrogens with one attached hydrogen (secondary N) is 1. The highest BCUT2D eigenvalue weighted by molar-refractivity contribution is 5.91. The minimum atomic E-state index is -0.286. The normalized spacial score (nSPS) is 10.3. The second-order valence-corrected chi connectivity index (χ2v) is 4.62. The van der Waals surface area contributed by atoms with Crippen LogP contribution in [0.25, 0.3) is 0 Å². The van der Waals surface area contributed by atoms with Gasteiger partial charge in [0.05, 0.1) is 40.6 Å². The summed E-state index contributed by atoms with van der Waals surface area (Å²) in [5.74, 6) is 1.90. The van der Waals surface area contributed by atoms with E-state index in [0.717, 1.165) is 5.56 Å². The molecule has 0 saturated heterocycles. The number of nitrogens with two attached hydrogens (primary N) is 1. The predicted octanol–water partition coefficient (Wildman–Crippen LogP) is 0.854. The third-order valence-corrected chi connectivity index (χ3v) is 3.28. The first kappa shape index (κ1) is 16.6. The lowest BCUT2D eigenvalue weighted by Gasteiger charge is -2.16. The Bertz CT molecular complexity index is 684. The fourth-order valence-corrected chi connectivity index (χ4v) is 2.21. The Labute approximate surface area is 134 Å². The van der Waals surface area contributed by atoms with E-state index in [4.69, 9.17) is 19.9 Å². The van der Waals surface area contributed by atoms with E-state index in [1.807, 2.05) is 6.07 Å². The van der Waals surface area contributed by atoms with E-state index in [-0.39, 0.29) is 12.5 Å². The van der Waals surface area contributed by atoms with Gasteiger partial charge in [0.2, 0.25) is 11.7 Å². The van der Waals surface area contributed by atoms with E-state index < -0.39 is 0 Å². The summed E-state index contributed by atoms with van der Waals surface area (Å²) in [5, 5.41) is 6.89. The quantitative estimate of drug-likeness (QED) is 0.784. The van der Waals surface area contributed by atoms with Crippen LogP contribution in [0, 0.1) is 0 Å². The Kier molecular flexibility index (Phi) is 5.42. The molecule has 3 N–H and O–H groups in total. The number of ether oxygens (including phenoxy) is 3. The van der Waals surface area contributed by atoms with Crippen molar-refractivity contribution in [1.29, 1.82) is 0 Å². The number of hydrogen-bond donors (Lipinski definition) is 2. The minimum Gasteiger partial charge on any atom is -0.493 e. The van der Waals surface area contributed by atoms with Crippen molar-refractivity contribution in [2.45, 2.75) is 6.54 Å². The van der Waals surface area contributed by atoms with Crippen molar-refractivity contribution >= 4 is 11.7 Å². The van der Waals surface area contributed by atoms with Gasteiger partial charge in [0.1, 0.15) is 5.82 Å². The molecule has 1 amide bonds. The zero-order chi connectivity index (χ0) is 16.8. The summed E-state index contributed by atoms with van der Waals surface area (Å²) in [5.41, 5.74) is 6.15. The molecule has 1 heterocycles. The molecule has 8 nitrogen and oxygen atoms in total. The number of carbonyl (C=O) groups is 1. The lowest BCUT2D eigenvalue weighted by molar-refractivity contribution is -0.114. The largest absolute Gasteiger partial charge is 0.493 e. The zero-order valence-corrected chi connectivity index (χ0v) is 13.3. The van der Waals surface area contributed by atoms with Gasteiger partial charge in [-0.05, 0) is 12.1 Å². The molecule has 0 aliphatic carbocycles. The van der Waals surface area contributed by atoms with Crippen molar-refractivity contribution in [1.82, 2.24) is 9.78 Å². The fourth-order valence-electron chi connectivity index (χ4n) is 2.21. The van der Waals surface area contributed by atoms with Crippen molar-refractivity contribution < 1.29 is 19.0 Å². The number of carbonyl (C=O) groups excluding carboxylic acids is 1. The van der Waals surface area contributed by atoms with E-state index in [9.17, 15) is 4.79 Å². The second kappa shape index (κ2) is 7.50. The van der Waals surface area contributed by atoms with Crippen LogP contribution in [-0.2, 0) is 11.3 Å². The number of methoxy groups -OCH3 is 3. The molecular formula is C15H20N4O4. The molecule has 2 aromatic rings. The fraction of sp³-hybridized carbons (Fsp3) is 0.333. The van der Waals surface area contributed by atoms with Gasteiger partial charge in [-0.2, -0.15) is 5.10 Å². The van der Waals surface area contributed by atoms with Crippen molar-refractivity contribution in [3.05, 3.63) is 30.0 Å². The van der Waals surface area contributed by atoms with E-state index in [2.05, 4.69) is 10.4 Å². The van der Waals surface area contributed by atoms with Gasteiger partial charge < -0.3 is 25.3 Å². The summed E-state index contributed by atoms with van der Waals surface area (Å²) in [6.45, 7) is 0.293. The van der Waals surface area contributed by atoms with Crippen LogP contribution in [0.15, 0.2) is 24.4 Å². The second-order valence-electron chi connectivity index (χ2n) is 4.62. The SMILES string of the molecule is COc1ccc(Cn2nccc2NC(=O)CN)c(OC)c1OC. The maximum absolute atomic E-state index is 11.5. The lowest BCUT2D eigenvalue weighted by atomic mass is 10.1. The van der Waals surface area contributed by atoms with Crippen LogP contribution >= 0.6 is 0 Å².